The molecule has 1 aromatic rings. The van der Waals surface area contributed by atoms with E-state index >= 15 is 0 Å². The molecule has 1 amide bonds. The molecule has 0 saturated heterocycles. The van der Waals surface area contributed by atoms with Crippen LogP contribution in [0.5, 0.6) is 0 Å². The molecule has 0 aliphatic heterocycles. The van der Waals surface area contributed by atoms with Crippen LogP contribution in [0.4, 0.5) is 0 Å². The number of thiophene rings is 1. The zero-order chi connectivity index (χ0) is 10.7. The second-order valence-electron chi connectivity index (χ2n) is 3.52. The molecule has 4 heteroatoms. The summed E-state index contributed by atoms with van der Waals surface area (Å²) in [7, 11) is 0. The van der Waals surface area contributed by atoms with Crippen molar-refractivity contribution in [1.29, 1.82) is 0 Å². The van der Waals surface area contributed by atoms with Crippen LogP contribution in [0.15, 0.2) is 11.4 Å². The van der Waals surface area contributed by atoms with Gasteiger partial charge in [0.15, 0.2) is 0 Å². The molecule has 0 spiro atoms. The topological polar surface area (TPSA) is 29.1 Å². The summed E-state index contributed by atoms with van der Waals surface area (Å²) in [5, 5.41) is 4.14. The number of carbonyl (C=O) groups is 1. The molecule has 1 aromatic heterocycles. The van der Waals surface area contributed by atoms with E-state index in [-0.39, 0.29) is 11.9 Å². The van der Waals surface area contributed by atoms with Gasteiger partial charge in [0.25, 0.3) is 0 Å². The Balaban J connectivity index is 2.65. The van der Waals surface area contributed by atoms with E-state index in [9.17, 15) is 4.79 Å². The summed E-state index contributed by atoms with van der Waals surface area (Å²) in [6, 6.07) is 2.07. The predicted molar refractivity (Wildman–Crippen MR) is 60.9 cm³/mol. The maximum Gasteiger partial charge on any atom is 0.242 e. The number of nitrogens with one attached hydrogen (secondary N) is 1. The molecule has 1 rings (SSSR count). The Bertz CT molecular complexity index is 322. The number of rotatable bonds is 3. The van der Waals surface area contributed by atoms with E-state index in [4.69, 9.17) is 11.6 Å². The van der Waals surface area contributed by atoms with Gasteiger partial charge in [0.1, 0.15) is 5.38 Å². The van der Waals surface area contributed by atoms with Gasteiger partial charge in [0.05, 0.1) is 0 Å². The van der Waals surface area contributed by atoms with Gasteiger partial charge in [-0.1, -0.05) is 0 Å². The van der Waals surface area contributed by atoms with Gasteiger partial charge in [-0.3, -0.25) is 4.79 Å². The molecule has 1 heterocycles. The molecule has 1 atom stereocenters. The number of amides is 1. The van der Waals surface area contributed by atoms with Crippen molar-refractivity contribution in [2.75, 3.05) is 0 Å². The molecule has 1 N–H and O–H groups in total. The SMILES string of the molecule is Cc1cc(C(Cl)C(=O)NC(C)C)cs1. The predicted octanol–water partition coefficient (Wildman–Crippen LogP) is 2.86. The van der Waals surface area contributed by atoms with Crippen molar-refractivity contribution in [2.45, 2.75) is 32.2 Å². The van der Waals surface area contributed by atoms with Gasteiger partial charge in [-0.15, -0.1) is 22.9 Å². The highest BCUT2D eigenvalue weighted by atomic mass is 35.5. The fourth-order valence-corrected chi connectivity index (χ4v) is 2.10. The molecule has 0 aliphatic carbocycles. The van der Waals surface area contributed by atoms with Crippen molar-refractivity contribution in [3.8, 4) is 0 Å². The van der Waals surface area contributed by atoms with Crippen LogP contribution in [0.1, 0.15) is 29.7 Å². The molecule has 0 saturated carbocycles. The van der Waals surface area contributed by atoms with E-state index in [2.05, 4.69) is 5.32 Å². The molecular formula is C10H14ClNOS. The summed E-state index contributed by atoms with van der Waals surface area (Å²) in [6.45, 7) is 5.83. The Morgan fingerprint density at radius 2 is 2.21 bits per heavy atom. The first kappa shape index (κ1) is 11.5. The largest absolute Gasteiger partial charge is 0.352 e. The Labute approximate surface area is 93.3 Å². The molecule has 0 aliphatic rings. The third-order valence-electron chi connectivity index (χ3n) is 1.70. The number of alkyl halides is 1. The Hall–Kier alpha value is -0.540. The molecule has 0 aromatic carbocycles. The summed E-state index contributed by atoms with van der Waals surface area (Å²) < 4.78 is 0. The van der Waals surface area contributed by atoms with E-state index in [0.29, 0.717) is 0 Å². The summed E-state index contributed by atoms with van der Waals surface area (Å²) in [5.74, 6) is -0.125. The number of hydrogen-bond donors (Lipinski definition) is 1. The van der Waals surface area contributed by atoms with Gasteiger partial charge < -0.3 is 5.32 Å². The average Bonchev–Trinajstić information content (AvgIpc) is 2.49. The lowest BCUT2D eigenvalue weighted by Gasteiger charge is -2.11. The van der Waals surface area contributed by atoms with Crippen LogP contribution in [0.2, 0.25) is 0 Å². The second-order valence-corrected chi connectivity index (χ2v) is 5.07. The Kier molecular flexibility index (Phi) is 3.96. The van der Waals surface area contributed by atoms with E-state index in [1.54, 1.807) is 11.3 Å². The lowest BCUT2D eigenvalue weighted by molar-refractivity contribution is -0.121. The first-order chi connectivity index (χ1) is 6.50. The number of halogens is 1. The van der Waals surface area contributed by atoms with Crippen LogP contribution in [-0.2, 0) is 4.79 Å². The molecule has 78 valence electrons. The number of aryl methyl sites for hydroxylation is 1. The van der Waals surface area contributed by atoms with E-state index in [0.717, 1.165) is 5.56 Å². The molecule has 14 heavy (non-hydrogen) atoms. The van der Waals surface area contributed by atoms with Crippen LogP contribution >= 0.6 is 22.9 Å². The third-order valence-corrected chi connectivity index (χ3v) is 3.03. The normalized spacial score (nSPS) is 12.9. The van der Waals surface area contributed by atoms with Gasteiger partial charge in [0, 0.05) is 10.9 Å². The summed E-state index contributed by atoms with van der Waals surface area (Å²) in [4.78, 5) is 12.7. The van der Waals surface area contributed by atoms with Crippen LogP contribution in [0.25, 0.3) is 0 Å². The zero-order valence-corrected chi connectivity index (χ0v) is 10.1. The van der Waals surface area contributed by atoms with E-state index < -0.39 is 5.38 Å². The first-order valence-electron chi connectivity index (χ1n) is 4.50. The molecular weight excluding hydrogens is 218 g/mol. The van der Waals surface area contributed by atoms with Crippen molar-refractivity contribution in [3.63, 3.8) is 0 Å². The van der Waals surface area contributed by atoms with Crippen molar-refractivity contribution in [1.82, 2.24) is 5.32 Å². The monoisotopic (exact) mass is 231 g/mol. The molecule has 0 fully saturated rings. The zero-order valence-electron chi connectivity index (χ0n) is 8.50. The fourth-order valence-electron chi connectivity index (χ4n) is 1.11. The van der Waals surface area contributed by atoms with Gasteiger partial charge in [-0.2, -0.15) is 0 Å². The van der Waals surface area contributed by atoms with E-state index in [1.165, 1.54) is 4.88 Å². The maximum absolute atomic E-state index is 11.5. The highest BCUT2D eigenvalue weighted by Gasteiger charge is 2.18. The quantitative estimate of drug-likeness (QED) is 0.797. The van der Waals surface area contributed by atoms with Crippen LogP contribution in [0.3, 0.4) is 0 Å². The smallest absolute Gasteiger partial charge is 0.242 e. The minimum absolute atomic E-state index is 0.125. The highest BCUT2D eigenvalue weighted by molar-refractivity contribution is 7.10. The average molecular weight is 232 g/mol. The Morgan fingerprint density at radius 3 is 2.64 bits per heavy atom. The number of hydrogen-bond acceptors (Lipinski definition) is 2. The van der Waals surface area contributed by atoms with Crippen LogP contribution < -0.4 is 5.32 Å². The number of carbonyl (C=O) groups excluding carboxylic acids is 1. The first-order valence-corrected chi connectivity index (χ1v) is 5.82. The summed E-state index contributed by atoms with van der Waals surface area (Å²) >= 11 is 7.61. The van der Waals surface area contributed by atoms with Gasteiger partial charge in [0.2, 0.25) is 5.91 Å². The van der Waals surface area contributed by atoms with Crippen LogP contribution in [-0.4, -0.2) is 11.9 Å². The fraction of sp³-hybridized carbons (Fsp3) is 0.500. The lowest BCUT2D eigenvalue weighted by atomic mass is 10.2. The minimum atomic E-state index is -0.567. The minimum Gasteiger partial charge on any atom is -0.352 e. The lowest BCUT2D eigenvalue weighted by Crippen LogP contribution is -2.32. The molecule has 2 nitrogen and oxygen atoms in total. The third kappa shape index (κ3) is 3.00. The summed E-state index contributed by atoms with van der Waals surface area (Å²) in [6.07, 6.45) is 0. The Morgan fingerprint density at radius 1 is 1.57 bits per heavy atom. The summed E-state index contributed by atoms with van der Waals surface area (Å²) in [5.41, 5.74) is 0.882. The van der Waals surface area contributed by atoms with Gasteiger partial charge in [-0.05, 0) is 37.8 Å². The van der Waals surface area contributed by atoms with Crippen LogP contribution in [0, 0.1) is 6.92 Å². The van der Waals surface area contributed by atoms with Crippen molar-refractivity contribution in [3.05, 3.63) is 21.9 Å². The van der Waals surface area contributed by atoms with Crippen molar-refractivity contribution < 1.29 is 4.79 Å². The maximum atomic E-state index is 11.5. The molecule has 0 radical (unpaired) electrons. The van der Waals surface area contributed by atoms with Gasteiger partial charge in [-0.25, -0.2) is 0 Å². The highest BCUT2D eigenvalue weighted by Crippen LogP contribution is 2.25. The van der Waals surface area contributed by atoms with E-state index in [1.807, 2.05) is 32.2 Å². The second kappa shape index (κ2) is 4.80. The molecule has 0 bridgehead atoms. The standard InChI is InChI=1S/C10H14ClNOS/c1-6(2)12-10(13)9(11)8-4-7(3)14-5-8/h4-6,9H,1-3H3,(H,12,13). The van der Waals surface area contributed by atoms with Gasteiger partial charge >= 0.3 is 0 Å². The van der Waals surface area contributed by atoms with Crippen molar-refractivity contribution in [2.24, 2.45) is 0 Å². The van der Waals surface area contributed by atoms with Crippen molar-refractivity contribution >= 4 is 28.8 Å². The molecule has 1 unspecified atom stereocenters.